The molecule has 0 aliphatic heterocycles. The first-order chi connectivity index (χ1) is 16.0. The van der Waals surface area contributed by atoms with Gasteiger partial charge in [0.1, 0.15) is 18.3 Å². The monoisotopic (exact) mass is 445 g/mol. The maximum Gasteiger partial charge on any atom is 0.326 e. The van der Waals surface area contributed by atoms with E-state index in [1.54, 1.807) is 7.05 Å². The Bertz CT molecular complexity index is 1320. The highest BCUT2D eigenvalue weighted by molar-refractivity contribution is 5.81. The predicted molar refractivity (Wildman–Crippen MR) is 121 cm³/mol. The molecule has 1 atom stereocenters. The van der Waals surface area contributed by atoms with Crippen molar-refractivity contribution in [2.75, 3.05) is 6.61 Å². The number of amides is 1. The highest BCUT2D eigenvalue weighted by Gasteiger charge is 2.17. The standard InChI is InChI=1S/C24H23N5O4/c1-28-23-19(13-26-28)24(32)29(16-25-23)14-22(31)33-15-21(30)27-20(18-10-6-3-7-11-18)12-17-8-4-2-5-9-17/h2-11,13,16,20H,12,14-15H2,1H3,(H,27,30). The summed E-state index contributed by atoms with van der Waals surface area (Å²) in [5, 5.41) is 7.22. The third-order valence-corrected chi connectivity index (χ3v) is 5.20. The van der Waals surface area contributed by atoms with Gasteiger partial charge in [-0.1, -0.05) is 60.7 Å². The van der Waals surface area contributed by atoms with Gasteiger partial charge in [-0.15, -0.1) is 0 Å². The Morgan fingerprint density at radius 3 is 2.48 bits per heavy atom. The Balaban J connectivity index is 1.37. The summed E-state index contributed by atoms with van der Waals surface area (Å²) in [6.45, 7) is -0.801. The molecule has 2 aromatic carbocycles. The summed E-state index contributed by atoms with van der Waals surface area (Å²) < 4.78 is 7.71. The molecule has 4 aromatic rings. The van der Waals surface area contributed by atoms with Crippen molar-refractivity contribution in [1.82, 2.24) is 24.6 Å². The third kappa shape index (κ3) is 5.32. The van der Waals surface area contributed by atoms with E-state index in [-0.39, 0.29) is 12.6 Å². The summed E-state index contributed by atoms with van der Waals surface area (Å²) in [5.74, 6) is -1.14. The van der Waals surface area contributed by atoms with E-state index in [1.807, 2.05) is 60.7 Å². The van der Waals surface area contributed by atoms with E-state index in [9.17, 15) is 14.4 Å². The molecule has 4 rings (SSSR count). The van der Waals surface area contributed by atoms with Gasteiger partial charge in [-0.25, -0.2) is 4.98 Å². The van der Waals surface area contributed by atoms with Crippen LogP contribution in [0.4, 0.5) is 0 Å². The van der Waals surface area contributed by atoms with Crippen molar-refractivity contribution < 1.29 is 14.3 Å². The van der Waals surface area contributed by atoms with Crippen molar-refractivity contribution in [2.45, 2.75) is 19.0 Å². The summed E-state index contributed by atoms with van der Waals surface area (Å²) in [5.41, 5.74) is 2.04. The molecular weight excluding hydrogens is 422 g/mol. The maximum atomic E-state index is 12.5. The van der Waals surface area contributed by atoms with Gasteiger partial charge < -0.3 is 10.1 Å². The number of benzene rings is 2. The second-order valence-electron chi connectivity index (χ2n) is 7.56. The Kier molecular flexibility index (Phi) is 6.58. The number of ether oxygens (including phenoxy) is 1. The van der Waals surface area contributed by atoms with Crippen molar-refractivity contribution in [3.63, 3.8) is 0 Å². The fourth-order valence-corrected chi connectivity index (χ4v) is 3.53. The highest BCUT2D eigenvalue weighted by Crippen LogP contribution is 2.18. The zero-order valence-corrected chi connectivity index (χ0v) is 18.0. The molecule has 0 aliphatic rings. The number of hydrogen-bond acceptors (Lipinski definition) is 6. The lowest BCUT2D eigenvalue weighted by atomic mass is 9.99. The number of nitrogens with one attached hydrogen (secondary N) is 1. The average molecular weight is 445 g/mol. The molecule has 9 nitrogen and oxygen atoms in total. The fourth-order valence-electron chi connectivity index (χ4n) is 3.53. The van der Waals surface area contributed by atoms with Crippen LogP contribution in [0.2, 0.25) is 0 Å². The zero-order chi connectivity index (χ0) is 23.2. The number of carbonyl (C=O) groups excluding carboxylic acids is 2. The van der Waals surface area contributed by atoms with E-state index in [0.29, 0.717) is 17.5 Å². The smallest absolute Gasteiger partial charge is 0.326 e. The van der Waals surface area contributed by atoms with E-state index >= 15 is 0 Å². The lowest BCUT2D eigenvalue weighted by Gasteiger charge is -2.19. The zero-order valence-electron chi connectivity index (χ0n) is 18.0. The van der Waals surface area contributed by atoms with Gasteiger partial charge in [0.15, 0.2) is 12.3 Å². The summed E-state index contributed by atoms with van der Waals surface area (Å²) in [4.78, 5) is 41.4. The summed E-state index contributed by atoms with van der Waals surface area (Å²) in [7, 11) is 1.67. The van der Waals surface area contributed by atoms with Crippen LogP contribution < -0.4 is 10.9 Å². The van der Waals surface area contributed by atoms with Crippen LogP contribution in [0.3, 0.4) is 0 Å². The Morgan fingerprint density at radius 2 is 1.76 bits per heavy atom. The summed E-state index contributed by atoms with van der Waals surface area (Å²) in [6, 6.07) is 19.1. The predicted octanol–water partition coefficient (Wildman–Crippen LogP) is 1.77. The van der Waals surface area contributed by atoms with Crippen LogP contribution in [0.5, 0.6) is 0 Å². The molecule has 2 aromatic heterocycles. The average Bonchev–Trinajstić information content (AvgIpc) is 3.22. The third-order valence-electron chi connectivity index (χ3n) is 5.20. The van der Waals surface area contributed by atoms with Crippen LogP contribution in [-0.2, 0) is 34.3 Å². The molecule has 0 aliphatic carbocycles. The first-order valence-electron chi connectivity index (χ1n) is 10.4. The molecule has 1 N–H and O–H groups in total. The Hall–Kier alpha value is -4.27. The number of fused-ring (bicyclic) bond motifs is 1. The van der Waals surface area contributed by atoms with Crippen molar-refractivity contribution in [2.24, 2.45) is 7.05 Å². The van der Waals surface area contributed by atoms with Gasteiger partial charge in [0.05, 0.1) is 12.2 Å². The SMILES string of the molecule is Cn1ncc2c(=O)n(CC(=O)OCC(=O)NC(Cc3ccccc3)c3ccccc3)cnc21. The van der Waals surface area contributed by atoms with Gasteiger partial charge in [-0.05, 0) is 17.5 Å². The molecule has 0 saturated carbocycles. The molecule has 0 bridgehead atoms. The summed E-state index contributed by atoms with van der Waals surface area (Å²) >= 11 is 0. The van der Waals surface area contributed by atoms with Gasteiger partial charge >= 0.3 is 5.97 Å². The number of aromatic nitrogens is 4. The maximum absolute atomic E-state index is 12.5. The van der Waals surface area contributed by atoms with Crippen molar-refractivity contribution in [3.8, 4) is 0 Å². The quantitative estimate of drug-likeness (QED) is 0.414. The Labute approximate surface area is 189 Å². The lowest BCUT2D eigenvalue weighted by molar-refractivity contribution is -0.149. The van der Waals surface area contributed by atoms with E-state index in [1.165, 1.54) is 17.2 Å². The molecule has 1 unspecified atom stereocenters. The van der Waals surface area contributed by atoms with Crippen LogP contribution in [0, 0.1) is 0 Å². The normalized spacial score (nSPS) is 11.8. The first kappa shape index (κ1) is 21.9. The molecule has 0 saturated heterocycles. The largest absolute Gasteiger partial charge is 0.454 e. The van der Waals surface area contributed by atoms with Crippen molar-refractivity contribution >= 4 is 22.9 Å². The van der Waals surface area contributed by atoms with Crippen LogP contribution in [-0.4, -0.2) is 37.8 Å². The first-order valence-corrected chi connectivity index (χ1v) is 10.4. The van der Waals surface area contributed by atoms with Gasteiger partial charge in [0, 0.05) is 7.05 Å². The molecule has 0 spiro atoms. The number of rotatable bonds is 8. The number of carbonyl (C=O) groups is 2. The number of aryl methyl sites for hydroxylation is 1. The molecule has 9 heteroatoms. The molecule has 0 fully saturated rings. The van der Waals surface area contributed by atoms with Gasteiger partial charge in [-0.2, -0.15) is 5.10 Å². The van der Waals surface area contributed by atoms with Crippen LogP contribution >= 0.6 is 0 Å². The lowest BCUT2D eigenvalue weighted by Crippen LogP contribution is -2.34. The number of nitrogens with zero attached hydrogens (tertiary/aromatic N) is 4. The topological polar surface area (TPSA) is 108 Å². The molecule has 33 heavy (non-hydrogen) atoms. The van der Waals surface area contributed by atoms with Gasteiger partial charge in [0.2, 0.25) is 0 Å². The second-order valence-corrected chi connectivity index (χ2v) is 7.56. The van der Waals surface area contributed by atoms with Crippen LogP contribution in [0.25, 0.3) is 11.0 Å². The van der Waals surface area contributed by atoms with Gasteiger partial charge in [-0.3, -0.25) is 23.6 Å². The van der Waals surface area contributed by atoms with Crippen molar-refractivity contribution in [3.05, 3.63) is 94.7 Å². The minimum atomic E-state index is -0.711. The molecule has 0 radical (unpaired) electrons. The number of esters is 1. The molecular formula is C24H23N5O4. The molecule has 1 amide bonds. The van der Waals surface area contributed by atoms with Crippen LogP contribution in [0.15, 0.2) is 78.0 Å². The molecule has 2 heterocycles. The highest BCUT2D eigenvalue weighted by atomic mass is 16.5. The fraction of sp³-hybridized carbons (Fsp3) is 0.208. The van der Waals surface area contributed by atoms with E-state index in [2.05, 4.69) is 15.4 Å². The van der Waals surface area contributed by atoms with E-state index in [0.717, 1.165) is 15.7 Å². The van der Waals surface area contributed by atoms with E-state index < -0.39 is 24.0 Å². The molecule has 168 valence electrons. The minimum Gasteiger partial charge on any atom is -0.454 e. The second kappa shape index (κ2) is 9.90. The summed E-state index contributed by atoms with van der Waals surface area (Å²) in [6.07, 6.45) is 3.26. The van der Waals surface area contributed by atoms with Gasteiger partial charge in [0.25, 0.3) is 11.5 Å². The van der Waals surface area contributed by atoms with Crippen molar-refractivity contribution in [1.29, 1.82) is 0 Å². The van der Waals surface area contributed by atoms with E-state index in [4.69, 9.17) is 4.74 Å². The minimum absolute atomic E-state index is 0.278. The Morgan fingerprint density at radius 1 is 1.06 bits per heavy atom. The number of hydrogen-bond donors (Lipinski definition) is 1. The van der Waals surface area contributed by atoms with Crippen LogP contribution in [0.1, 0.15) is 17.2 Å².